The summed E-state index contributed by atoms with van der Waals surface area (Å²) in [5, 5.41) is 2.93. The number of ether oxygens (including phenoxy) is 2. The molecule has 0 saturated carbocycles. The van der Waals surface area contributed by atoms with Crippen molar-refractivity contribution in [2.75, 3.05) is 32.6 Å². The van der Waals surface area contributed by atoms with Gasteiger partial charge in [0.1, 0.15) is 11.5 Å². The summed E-state index contributed by atoms with van der Waals surface area (Å²) < 4.78 is 10.4. The summed E-state index contributed by atoms with van der Waals surface area (Å²) in [6, 6.07) is 10.7. The molecule has 2 aromatic rings. The first-order valence-corrected chi connectivity index (χ1v) is 8.85. The van der Waals surface area contributed by atoms with Crippen molar-refractivity contribution < 1.29 is 19.1 Å². The third kappa shape index (κ3) is 4.36. The Hall–Kier alpha value is -3.09. The molecule has 7 heteroatoms. The number of likely N-dealkylation sites (tertiary alicyclic amines) is 1. The molecular weight excluding hydrogens is 346 g/mol. The third-order valence-corrected chi connectivity index (χ3v) is 4.68. The zero-order valence-electron chi connectivity index (χ0n) is 15.5. The van der Waals surface area contributed by atoms with E-state index in [1.54, 1.807) is 36.4 Å². The van der Waals surface area contributed by atoms with Crippen LogP contribution in [0.25, 0.3) is 0 Å². The van der Waals surface area contributed by atoms with Gasteiger partial charge in [-0.25, -0.2) is 4.98 Å². The molecule has 2 heterocycles. The van der Waals surface area contributed by atoms with E-state index in [4.69, 9.17) is 9.47 Å². The van der Waals surface area contributed by atoms with Crippen LogP contribution in [0.1, 0.15) is 23.3 Å². The molecule has 142 valence electrons. The fourth-order valence-corrected chi connectivity index (χ4v) is 3.16. The first-order valence-electron chi connectivity index (χ1n) is 8.85. The standard InChI is InChI=1S/C20H23N3O4/c1-26-16-6-3-5-15(13-16)22-19(24)14-8-11-23(12-9-14)20(25)18-17(27-2)7-4-10-21-18/h3-7,10,13-14H,8-9,11-12H2,1-2H3,(H,22,24). The van der Waals surface area contributed by atoms with E-state index in [1.165, 1.54) is 7.11 Å². The summed E-state index contributed by atoms with van der Waals surface area (Å²) in [7, 11) is 3.10. The second-order valence-corrected chi connectivity index (χ2v) is 6.34. The lowest BCUT2D eigenvalue weighted by molar-refractivity contribution is -0.121. The maximum atomic E-state index is 12.7. The fraction of sp³-hybridized carbons (Fsp3) is 0.350. The molecule has 1 N–H and O–H groups in total. The Bertz CT molecular complexity index is 816. The number of nitrogens with zero attached hydrogens (tertiary/aromatic N) is 2. The molecule has 0 spiro atoms. The molecule has 1 aromatic carbocycles. The second kappa shape index (κ2) is 8.53. The quantitative estimate of drug-likeness (QED) is 0.876. The Morgan fingerprint density at radius 2 is 1.89 bits per heavy atom. The lowest BCUT2D eigenvalue weighted by atomic mass is 9.95. The summed E-state index contributed by atoms with van der Waals surface area (Å²) in [6.45, 7) is 1.02. The molecule has 1 aliphatic heterocycles. The van der Waals surface area contributed by atoms with E-state index in [2.05, 4.69) is 10.3 Å². The van der Waals surface area contributed by atoms with Gasteiger partial charge >= 0.3 is 0 Å². The lowest BCUT2D eigenvalue weighted by Crippen LogP contribution is -2.41. The van der Waals surface area contributed by atoms with Gasteiger partial charge in [0.15, 0.2) is 5.69 Å². The largest absolute Gasteiger partial charge is 0.497 e. The number of carbonyl (C=O) groups is 2. The number of nitrogens with one attached hydrogen (secondary N) is 1. The summed E-state index contributed by atoms with van der Waals surface area (Å²) in [6.07, 6.45) is 2.79. The SMILES string of the molecule is COc1cccc(NC(=O)C2CCN(C(=O)c3ncccc3OC)CC2)c1. The van der Waals surface area contributed by atoms with Crippen LogP contribution in [0.2, 0.25) is 0 Å². The van der Waals surface area contributed by atoms with Gasteiger partial charge < -0.3 is 19.7 Å². The molecule has 1 fully saturated rings. The summed E-state index contributed by atoms with van der Waals surface area (Å²) in [5.41, 5.74) is 1.01. The summed E-state index contributed by atoms with van der Waals surface area (Å²) in [5.74, 6) is 0.814. The number of anilines is 1. The topological polar surface area (TPSA) is 80.8 Å². The number of aromatic nitrogens is 1. The van der Waals surface area contributed by atoms with Gasteiger partial charge in [0.2, 0.25) is 5.91 Å². The van der Waals surface area contributed by atoms with Gasteiger partial charge in [0.05, 0.1) is 14.2 Å². The highest BCUT2D eigenvalue weighted by molar-refractivity contribution is 5.96. The monoisotopic (exact) mass is 369 g/mol. The van der Waals surface area contributed by atoms with Crippen molar-refractivity contribution >= 4 is 17.5 Å². The maximum Gasteiger partial charge on any atom is 0.276 e. The number of hydrogen-bond acceptors (Lipinski definition) is 5. The highest BCUT2D eigenvalue weighted by Gasteiger charge is 2.29. The number of benzene rings is 1. The van der Waals surface area contributed by atoms with Gasteiger partial charge in [0, 0.05) is 37.0 Å². The maximum absolute atomic E-state index is 12.7. The second-order valence-electron chi connectivity index (χ2n) is 6.34. The van der Waals surface area contributed by atoms with Crippen molar-refractivity contribution in [2.45, 2.75) is 12.8 Å². The Morgan fingerprint density at radius 3 is 2.59 bits per heavy atom. The van der Waals surface area contributed by atoms with Crippen LogP contribution in [0.15, 0.2) is 42.6 Å². The zero-order valence-corrected chi connectivity index (χ0v) is 15.5. The van der Waals surface area contributed by atoms with Crippen LogP contribution < -0.4 is 14.8 Å². The average Bonchev–Trinajstić information content (AvgIpc) is 2.73. The molecule has 2 amide bonds. The van der Waals surface area contributed by atoms with E-state index in [1.807, 2.05) is 18.2 Å². The van der Waals surface area contributed by atoms with Crippen molar-refractivity contribution in [3.05, 3.63) is 48.3 Å². The smallest absolute Gasteiger partial charge is 0.276 e. The van der Waals surface area contributed by atoms with Crippen LogP contribution >= 0.6 is 0 Å². The minimum absolute atomic E-state index is 0.0363. The zero-order chi connectivity index (χ0) is 19.2. The first-order chi connectivity index (χ1) is 13.1. The molecule has 0 bridgehead atoms. The highest BCUT2D eigenvalue weighted by atomic mass is 16.5. The third-order valence-electron chi connectivity index (χ3n) is 4.68. The molecule has 1 aliphatic rings. The molecule has 0 unspecified atom stereocenters. The van der Waals surface area contributed by atoms with Crippen LogP contribution in [0.5, 0.6) is 11.5 Å². The van der Waals surface area contributed by atoms with Crippen LogP contribution in [0.4, 0.5) is 5.69 Å². The summed E-state index contributed by atoms with van der Waals surface area (Å²) in [4.78, 5) is 31.1. The predicted molar refractivity (Wildman–Crippen MR) is 101 cm³/mol. The lowest BCUT2D eigenvalue weighted by Gasteiger charge is -2.31. The number of piperidine rings is 1. The van der Waals surface area contributed by atoms with Gasteiger partial charge in [-0.05, 0) is 37.1 Å². The molecule has 3 rings (SSSR count). The van der Waals surface area contributed by atoms with Gasteiger partial charge in [-0.1, -0.05) is 6.07 Å². The average molecular weight is 369 g/mol. The Balaban J connectivity index is 1.58. The molecule has 0 atom stereocenters. The summed E-state index contributed by atoms with van der Waals surface area (Å²) >= 11 is 0. The van der Waals surface area contributed by atoms with Crippen LogP contribution in [0, 0.1) is 5.92 Å². The van der Waals surface area contributed by atoms with E-state index in [-0.39, 0.29) is 17.7 Å². The fourth-order valence-electron chi connectivity index (χ4n) is 3.16. The number of amides is 2. The molecule has 0 radical (unpaired) electrons. The molecule has 27 heavy (non-hydrogen) atoms. The number of pyridine rings is 1. The molecular formula is C20H23N3O4. The van der Waals surface area contributed by atoms with Gasteiger partial charge in [-0.15, -0.1) is 0 Å². The van der Waals surface area contributed by atoms with Crippen molar-refractivity contribution in [3.63, 3.8) is 0 Å². The van der Waals surface area contributed by atoms with Crippen LogP contribution in [0.3, 0.4) is 0 Å². The molecule has 0 aliphatic carbocycles. The van der Waals surface area contributed by atoms with E-state index >= 15 is 0 Å². The predicted octanol–water partition coefficient (Wildman–Crippen LogP) is 2.59. The van der Waals surface area contributed by atoms with Crippen molar-refractivity contribution in [2.24, 2.45) is 5.92 Å². The van der Waals surface area contributed by atoms with Gasteiger partial charge in [0.25, 0.3) is 5.91 Å². The molecule has 7 nitrogen and oxygen atoms in total. The molecule has 1 aromatic heterocycles. The Labute approximate surface area is 158 Å². The minimum Gasteiger partial charge on any atom is -0.497 e. The van der Waals surface area contributed by atoms with E-state index < -0.39 is 0 Å². The molecule has 1 saturated heterocycles. The van der Waals surface area contributed by atoms with Crippen molar-refractivity contribution in [3.8, 4) is 11.5 Å². The van der Waals surface area contributed by atoms with Crippen molar-refractivity contribution in [1.82, 2.24) is 9.88 Å². The number of hydrogen-bond donors (Lipinski definition) is 1. The minimum atomic E-state index is -0.167. The van der Waals surface area contributed by atoms with Gasteiger partial charge in [-0.3, -0.25) is 9.59 Å². The Kier molecular flexibility index (Phi) is 5.90. The van der Waals surface area contributed by atoms with Crippen molar-refractivity contribution in [1.29, 1.82) is 0 Å². The Morgan fingerprint density at radius 1 is 1.11 bits per heavy atom. The first kappa shape index (κ1) is 18.7. The van der Waals surface area contributed by atoms with Crippen LogP contribution in [-0.2, 0) is 4.79 Å². The number of carbonyl (C=O) groups excluding carboxylic acids is 2. The highest BCUT2D eigenvalue weighted by Crippen LogP contribution is 2.24. The van der Waals surface area contributed by atoms with E-state index in [0.717, 1.165) is 0 Å². The number of rotatable bonds is 5. The van der Waals surface area contributed by atoms with Crippen LogP contribution in [-0.4, -0.2) is 49.0 Å². The van der Waals surface area contributed by atoms with E-state index in [9.17, 15) is 9.59 Å². The normalized spacial score (nSPS) is 14.5. The van der Waals surface area contributed by atoms with Gasteiger partial charge in [-0.2, -0.15) is 0 Å². The number of methoxy groups -OCH3 is 2. The van der Waals surface area contributed by atoms with E-state index in [0.29, 0.717) is 48.8 Å².